The Labute approximate surface area is 134 Å². The predicted octanol–water partition coefficient (Wildman–Crippen LogP) is 3.73. The van der Waals surface area contributed by atoms with E-state index in [1.165, 1.54) is 11.4 Å². The van der Waals surface area contributed by atoms with Crippen LogP contribution in [-0.2, 0) is 10.3 Å². The molecule has 0 heterocycles. The van der Waals surface area contributed by atoms with Crippen LogP contribution >= 0.6 is 0 Å². The number of rotatable bonds is 5. The first-order chi connectivity index (χ1) is 10.4. The smallest absolute Gasteiger partial charge is 0.115 e. The van der Waals surface area contributed by atoms with Crippen LogP contribution in [0.2, 0.25) is 0 Å². The molecule has 118 valence electrons. The number of hydrogen-bond donors (Lipinski definition) is 0. The van der Waals surface area contributed by atoms with Crippen molar-refractivity contribution in [3.63, 3.8) is 0 Å². The SMILES string of the molecule is COC(C)(c1ccc(N(C)C)cc1)c1ccc(N(C)C)cc1. The van der Waals surface area contributed by atoms with Crippen LogP contribution in [0.4, 0.5) is 11.4 Å². The van der Waals surface area contributed by atoms with Crippen LogP contribution in [0.5, 0.6) is 0 Å². The third-order valence-electron chi connectivity index (χ3n) is 4.28. The topological polar surface area (TPSA) is 15.7 Å². The average Bonchev–Trinajstić information content (AvgIpc) is 2.54. The summed E-state index contributed by atoms with van der Waals surface area (Å²) in [6.45, 7) is 2.11. The van der Waals surface area contributed by atoms with Crippen LogP contribution in [0.1, 0.15) is 18.1 Å². The highest BCUT2D eigenvalue weighted by Crippen LogP contribution is 2.34. The minimum Gasteiger partial charge on any atom is -0.378 e. The van der Waals surface area contributed by atoms with E-state index in [-0.39, 0.29) is 0 Å². The minimum absolute atomic E-state index is 0.449. The molecule has 0 aliphatic carbocycles. The van der Waals surface area contributed by atoms with Gasteiger partial charge in [0, 0.05) is 46.7 Å². The summed E-state index contributed by atoms with van der Waals surface area (Å²) < 4.78 is 5.88. The van der Waals surface area contributed by atoms with Gasteiger partial charge in [0.1, 0.15) is 5.60 Å². The zero-order chi connectivity index (χ0) is 16.3. The average molecular weight is 298 g/mol. The Morgan fingerprint density at radius 1 is 0.682 bits per heavy atom. The molecule has 0 aromatic heterocycles. The van der Waals surface area contributed by atoms with Crippen LogP contribution in [0.25, 0.3) is 0 Å². The molecule has 0 N–H and O–H groups in total. The van der Waals surface area contributed by atoms with Gasteiger partial charge >= 0.3 is 0 Å². The van der Waals surface area contributed by atoms with E-state index in [0.29, 0.717) is 0 Å². The van der Waals surface area contributed by atoms with E-state index in [1.54, 1.807) is 7.11 Å². The van der Waals surface area contributed by atoms with Crippen molar-refractivity contribution in [3.05, 3.63) is 59.7 Å². The molecule has 3 nitrogen and oxygen atoms in total. The van der Waals surface area contributed by atoms with Gasteiger partial charge in [0.05, 0.1) is 0 Å². The molecular formula is C19H26N2O. The van der Waals surface area contributed by atoms with Gasteiger partial charge in [-0.15, -0.1) is 0 Å². The van der Waals surface area contributed by atoms with Crippen LogP contribution in [0, 0.1) is 0 Å². The van der Waals surface area contributed by atoms with E-state index in [0.717, 1.165) is 11.1 Å². The highest BCUT2D eigenvalue weighted by molar-refractivity contribution is 5.51. The number of methoxy groups -OCH3 is 1. The van der Waals surface area contributed by atoms with Gasteiger partial charge in [0.25, 0.3) is 0 Å². The molecule has 0 saturated heterocycles. The standard InChI is InChI=1S/C19H26N2O/c1-19(22-6,15-7-11-17(12-8-15)20(2)3)16-9-13-18(14-10-16)21(4)5/h7-14H,1-6H3. The first-order valence-corrected chi connectivity index (χ1v) is 7.49. The summed E-state index contributed by atoms with van der Waals surface area (Å²) in [5.41, 5.74) is 4.22. The lowest BCUT2D eigenvalue weighted by Crippen LogP contribution is -2.26. The van der Waals surface area contributed by atoms with E-state index >= 15 is 0 Å². The predicted molar refractivity (Wildman–Crippen MR) is 95.0 cm³/mol. The van der Waals surface area contributed by atoms with Crippen LogP contribution < -0.4 is 9.80 Å². The highest BCUT2D eigenvalue weighted by Gasteiger charge is 2.28. The van der Waals surface area contributed by atoms with Crippen molar-refractivity contribution >= 4 is 11.4 Å². The van der Waals surface area contributed by atoms with Gasteiger partial charge in [0.15, 0.2) is 0 Å². The molecule has 0 fully saturated rings. The molecule has 2 aromatic rings. The molecule has 0 aliphatic heterocycles. The summed E-state index contributed by atoms with van der Waals surface area (Å²) in [6.07, 6.45) is 0. The first kappa shape index (κ1) is 16.4. The molecule has 0 bridgehead atoms. The molecule has 3 heteroatoms. The zero-order valence-electron chi connectivity index (χ0n) is 14.4. The van der Waals surface area contributed by atoms with Gasteiger partial charge in [-0.1, -0.05) is 24.3 Å². The maximum absolute atomic E-state index is 5.88. The Morgan fingerprint density at radius 2 is 1.00 bits per heavy atom. The Kier molecular flexibility index (Phi) is 4.77. The third-order valence-corrected chi connectivity index (χ3v) is 4.28. The van der Waals surface area contributed by atoms with Crippen molar-refractivity contribution in [1.82, 2.24) is 0 Å². The van der Waals surface area contributed by atoms with Crippen molar-refractivity contribution < 1.29 is 4.74 Å². The number of anilines is 2. The fourth-order valence-corrected chi connectivity index (χ4v) is 2.56. The molecule has 0 amide bonds. The van der Waals surface area contributed by atoms with Crippen molar-refractivity contribution in [2.45, 2.75) is 12.5 Å². The van der Waals surface area contributed by atoms with Gasteiger partial charge in [-0.25, -0.2) is 0 Å². The Hall–Kier alpha value is -2.00. The molecule has 2 rings (SSSR count). The molecule has 0 atom stereocenters. The normalized spacial score (nSPS) is 11.4. The summed E-state index contributed by atoms with van der Waals surface area (Å²) in [5.74, 6) is 0. The van der Waals surface area contributed by atoms with Crippen LogP contribution in [0.3, 0.4) is 0 Å². The molecule has 0 saturated carbocycles. The fraction of sp³-hybridized carbons (Fsp3) is 0.368. The molecule has 0 spiro atoms. The van der Waals surface area contributed by atoms with Gasteiger partial charge in [0.2, 0.25) is 0 Å². The Morgan fingerprint density at radius 3 is 1.23 bits per heavy atom. The second-order valence-corrected chi connectivity index (χ2v) is 6.12. The lowest BCUT2D eigenvalue weighted by atomic mass is 9.87. The van der Waals surface area contributed by atoms with E-state index < -0.39 is 5.60 Å². The van der Waals surface area contributed by atoms with Gasteiger partial charge in [-0.05, 0) is 42.3 Å². The Bertz CT molecular complexity index is 549. The number of nitrogens with zero attached hydrogens (tertiary/aromatic N) is 2. The van der Waals surface area contributed by atoms with Crippen molar-refractivity contribution in [1.29, 1.82) is 0 Å². The summed E-state index contributed by atoms with van der Waals surface area (Å²) in [6, 6.07) is 17.1. The van der Waals surface area contributed by atoms with Crippen molar-refractivity contribution in [2.24, 2.45) is 0 Å². The summed E-state index contributed by atoms with van der Waals surface area (Å²) in [5, 5.41) is 0. The zero-order valence-corrected chi connectivity index (χ0v) is 14.4. The van der Waals surface area contributed by atoms with E-state index in [2.05, 4.69) is 65.3 Å². The fourth-order valence-electron chi connectivity index (χ4n) is 2.56. The number of benzene rings is 2. The lowest BCUT2D eigenvalue weighted by molar-refractivity contribution is 0.0391. The molecule has 0 radical (unpaired) electrons. The maximum atomic E-state index is 5.88. The van der Waals surface area contributed by atoms with Crippen molar-refractivity contribution in [2.75, 3.05) is 45.1 Å². The quantitative estimate of drug-likeness (QED) is 0.836. The van der Waals surface area contributed by atoms with Crippen molar-refractivity contribution in [3.8, 4) is 0 Å². The van der Waals surface area contributed by atoms with Crippen LogP contribution in [-0.4, -0.2) is 35.3 Å². The van der Waals surface area contributed by atoms with E-state index in [1.807, 2.05) is 28.2 Å². The maximum Gasteiger partial charge on any atom is 0.115 e. The van der Waals surface area contributed by atoms with E-state index in [4.69, 9.17) is 4.74 Å². The number of hydrogen-bond acceptors (Lipinski definition) is 3. The Balaban J connectivity index is 2.38. The summed E-state index contributed by atoms with van der Waals surface area (Å²) in [7, 11) is 9.95. The summed E-state index contributed by atoms with van der Waals surface area (Å²) in [4.78, 5) is 4.19. The third kappa shape index (κ3) is 3.09. The molecular weight excluding hydrogens is 272 g/mol. The van der Waals surface area contributed by atoms with Gasteiger partial charge in [-0.3, -0.25) is 0 Å². The van der Waals surface area contributed by atoms with Gasteiger partial charge in [-0.2, -0.15) is 0 Å². The molecule has 0 unspecified atom stereocenters. The number of ether oxygens (including phenoxy) is 1. The second kappa shape index (κ2) is 6.41. The van der Waals surface area contributed by atoms with Crippen LogP contribution in [0.15, 0.2) is 48.5 Å². The van der Waals surface area contributed by atoms with E-state index in [9.17, 15) is 0 Å². The lowest BCUT2D eigenvalue weighted by Gasteiger charge is -2.30. The largest absolute Gasteiger partial charge is 0.378 e. The van der Waals surface area contributed by atoms with Gasteiger partial charge < -0.3 is 14.5 Å². The summed E-state index contributed by atoms with van der Waals surface area (Å²) >= 11 is 0. The second-order valence-electron chi connectivity index (χ2n) is 6.12. The molecule has 0 aliphatic rings. The monoisotopic (exact) mass is 298 g/mol. The molecule has 2 aromatic carbocycles. The minimum atomic E-state index is -0.449. The molecule has 22 heavy (non-hydrogen) atoms. The first-order valence-electron chi connectivity index (χ1n) is 7.49. The highest BCUT2D eigenvalue weighted by atomic mass is 16.5.